The van der Waals surface area contributed by atoms with Gasteiger partial charge in [-0.15, -0.1) is 0 Å². The highest BCUT2D eigenvalue weighted by Gasteiger charge is 2.45. The van der Waals surface area contributed by atoms with Crippen LogP contribution in [-0.2, 0) is 10.5 Å². The fourth-order valence-corrected chi connectivity index (χ4v) is 5.08. The average molecular weight is 451 g/mol. The van der Waals surface area contributed by atoms with Crippen LogP contribution in [0.3, 0.4) is 0 Å². The van der Waals surface area contributed by atoms with Crippen LogP contribution in [-0.4, -0.2) is 27.1 Å². The molecule has 1 amide bonds. The second-order valence-electron chi connectivity index (χ2n) is 8.65. The molecule has 3 unspecified atom stereocenters. The third kappa shape index (κ3) is 3.79. The molecule has 170 valence electrons. The molecule has 1 saturated carbocycles. The van der Waals surface area contributed by atoms with E-state index < -0.39 is 28.9 Å². The highest BCUT2D eigenvalue weighted by Crippen LogP contribution is 2.48. The molecule has 0 bridgehead atoms. The lowest BCUT2D eigenvalue weighted by Gasteiger charge is -2.40. The minimum Gasteiger partial charge on any atom is -0.364 e. The molecule has 3 aromatic rings. The number of aromatic nitrogens is 2. The monoisotopic (exact) mass is 451 g/mol. The van der Waals surface area contributed by atoms with Gasteiger partial charge in [0.25, 0.3) is 5.91 Å². The van der Waals surface area contributed by atoms with Crippen molar-refractivity contribution in [1.82, 2.24) is 9.97 Å². The fraction of sp³-hybridized carbons (Fsp3) is 0.320. The van der Waals surface area contributed by atoms with Gasteiger partial charge in [-0.1, -0.05) is 18.6 Å². The van der Waals surface area contributed by atoms with Crippen molar-refractivity contribution in [1.29, 1.82) is 0 Å². The number of benzene rings is 1. The van der Waals surface area contributed by atoms with Gasteiger partial charge in [0.2, 0.25) is 0 Å². The number of aliphatic hydroxyl groups is 1. The molecule has 3 atom stereocenters. The number of primary amides is 1. The lowest BCUT2D eigenvalue weighted by Crippen LogP contribution is -2.41. The van der Waals surface area contributed by atoms with Crippen molar-refractivity contribution in [3.8, 4) is 22.4 Å². The number of hydrogen-bond acceptors (Lipinski definition) is 5. The number of pyridine rings is 2. The number of amides is 1. The summed E-state index contributed by atoms with van der Waals surface area (Å²) in [6, 6.07) is 8.22. The third-order valence-corrected chi connectivity index (χ3v) is 6.63. The van der Waals surface area contributed by atoms with Gasteiger partial charge in [-0.25, -0.2) is 13.8 Å². The molecule has 2 aliphatic rings. The molecule has 2 fully saturated rings. The van der Waals surface area contributed by atoms with Gasteiger partial charge in [0, 0.05) is 35.5 Å². The number of ether oxygens (including phenoxy) is 1. The SMILES string of the molecule is NC(=O)c1nc(-c2c(F)cccc2F)cc(C2(O)CCC3CCCC3O2)c1-c1cccnc1. The number of carbonyl (C=O) groups excluding carboxylic acids is 1. The first-order valence-corrected chi connectivity index (χ1v) is 11.0. The molecule has 6 nitrogen and oxygen atoms in total. The highest BCUT2D eigenvalue weighted by atomic mass is 19.1. The quantitative estimate of drug-likeness (QED) is 0.616. The first-order valence-electron chi connectivity index (χ1n) is 11.0. The van der Waals surface area contributed by atoms with Crippen molar-refractivity contribution in [2.45, 2.75) is 44.0 Å². The molecule has 0 radical (unpaired) electrons. The number of nitrogens with two attached hydrogens (primary N) is 1. The van der Waals surface area contributed by atoms with Gasteiger partial charge in [-0.05, 0) is 49.4 Å². The maximum atomic E-state index is 14.6. The van der Waals surface area contributed by atoms with E-state index in [0.717, 1.165) is 37.8 Å². The minimum absolute atomic E-state index is 0.135. The Bertz CT molecular complexity index is 1200. The largest absolute Gasteiger partial charge is 0.364 e. The Morgan fingerprint density at radius 2 is 1.91 bits per heavy atom. The second kappa shape index (κ2) is 8.28. The number of hydrogen-bond donors (Lipinski definition) is 2. The molecular weight excluding hydrogens is 428 g/mol. The maximum Gasteiger partial charge on any atom is 0.267 e. The van der Waals surface area contributed by atoms with E-state index in [9.17, 15) is 18.7 Å². The van der Waals surface area contributed by atoms with Crippen LogP contribution in [0.15, 0.2) is 48.8 Å². The van der Waals surface area contributed by atoms with Gasteiger partial charge >= 0.3 is 0 Å². The molecule has 5 rings (SSSR count). The Labute approximate surface area is 189 Å². The average Bonchev–Trinajstić information content (AvgIpc) is 3.26. The van der Waals surface area contributed by atoms with E-state index >= 15 is 0 Å². The normalized spacial score (nSPS) is 24.5. The number of halogens is 2. The Hall–Kier alpha value is -3.23. The summed E-state index contributed by atoms with van der Waals surface area (Å²) in [7, 11) is 0. The van der Waals surface area contributed by atoms with Crippen LogP contribution < -0.4 is 5.73 Å². The number of rotatable bonds is 4. The maximum absolute atomic E-state index is 14.6. The van der Waals surface area contributed by atoms with Crippen LogP contribution in [0.5, 0.6) is 0 Å². The van der Waals surface area contributed by atoms with E-state index in [1.807, 2.05) is 0 Å². The lowest BCUT2D eigenvalue weighted by atomic mass is 9.84. The molecule has 3 heterocycles. The van der Waals surface area contributed by atoms with Crippen molar-refractivity contribution in [3.63, 3.8) is 0 Å². The van der Waals surface area contributed by atoms with Gasteiger partial charge in [0.15, 0.2) is 5.79 Å². The summed E-state index contributed by atoms with van der Waals surface area (Å²) in [5, 5.41) is 11.7. The molecule has 0 spiro atoms. The fourth-order valence-electron chi connectivity index (χ4n) is 5.08. The van der Waals surface area contributed by atoms with Gasteiger partial charge in [0.05, 0.1) is 17.4 Å². The second-order valence-corrected chi connectivity index (χ2v) is 8.65. The summed E-state index contributed by atoms with van der Waals surface area (Å²) >= 11 is 0. The smallest absolute Gasteiger partial charge is 0.267 e. The molecule has 2 aromatic heterocycles. The van der Waals surface area contributed by atoms with E-state index in [-0.39, 0.29) is 35.0 Å². The zero-order chi connectivity index (χ0) is 23.2. The molecule has 1 aliphatic heterocycles. The van der Waals surface area contributed by atoms with Crippen LogP contribution in [0, 0.1) is 17.6 Å². The van der Waals surface area contributed by atoms with E-state index in [0.29, 0.717) is 11.5 Å². The summed E-state index contributed by atoms with van der Waals surface area (Å²) < 4.78 is 35.5. The zero-order valence-corrected chi connectivity index (χ0v) is 17.8. The standard InChI is InChI=1S/C25H23F2N3O3/c26-17-6-2-7-18(27)22(17)19-12-16(25(32)10-9-14-4-1-8-20(14)33-25)21(23(30-19)24(28)31)15-5-3-11-29-13-15/h2-3,5-7,11-14,20,32H,1,4,8-10H2,(H2,28,31). The third-order valence-electron chi connectivity index (χ3n) is 6.63. The first-order chi connectivity index (χ1) is 15.9. The van der Waals surface area contributed by atoms with Gasteiger partial charge in [-0.3, -0.25) is 9.78 Å². The molecule has 1 aromatic carbocycles. The number of fused-ring (bicyclic) bond motifs is 1. The molecule has 33 heavy (non-hydrogen) atoms. The molecule has 1 saturated heterocycles. The Balaban J connectivity index is 1.78. The summed E-state index contributed by atoms with van der Waals surface area (Å²) in [5.41, 5.74) is 5.83. The van der Waals surface area contributed by atoms with Crippen LogP contribution >= 0.6 is 0 Å². The van der Waals surface area contributed by atoms with Crippen molar-refractivity contribution >= 4 is 5.91 Å². The summed E-state index contributed by atoms with van der Waals surface area (Å²) in [6.07, 6.45) is 6.80. The van der Waals surface area contributed by atoms with Crippen molar-refractivity contribution < 1.29 is 23.4 Å². The zero-order valence-electron chi connectivity index (χ0n) is 17.8. The predicted octanol–water partition coefficient (Wildman–Crippen LogP) is 4.31. The predicted molar refractivity (Wildman–Crippen MR) is 117 cm³/mol. The van der Waals surface area contributed by atoms with Crippen LogP contribution in [0.4, 0.5) is 8.78 Å². The van der Waals surface area contributed by atoms with Crippen molar-refractivity contribution in [3.05, 3.63) is 71.7 Å². The van der Waals surface area contributed by atoms with Crippen molar-refractivity contribution in [2.24, 2.45) is 11.7 Å². The van der Waals surface area contributed by atoms with E-state index in [4.69, 9.17) is 10.5 Å². The van der Waals surface area contributed by atoms with Gasteiger partial charge in [-0.2, -0.15) is 0 Å². The molecular formula is C25H23F2N3O3. The Morgan fingerprint density at radius 3 is 2.61 bits per heavy atom. The Morgan fingerprint density at radius 1 is 1.12 bits per heavy atom. The highest BCUT2D eigenvalue weighted by molar-refractivity contribution is 5.99. The van der Waals surface area contributed by atoms with Crippen LogP contribution in [0.1, 0.15) is 48.2 Å². The topological polar surface area (TPSA) is 98.3 Å². The van der Waals surface area contributed by atoms with Crippen molar-refractivity contribution in [2.75, 3.05) is 0 Å². The lowest BCUT2D eigenvalue weighted by molar-refractivity contribution is -0.271. The van der Waals surface area contributed by atoms with E-state index in [2.05, 4.69) is 9.97 Å². The Kier molecular flexibility index (Phi) is 5.42. The molecule has 1 aliphatic carbocycles. The van der Waals surface area contributed by atoms with Gasteiger partial charge < -0.3 is 15.6 Å². The molecule has 8 heteroatoms. The first kappa shape index (κ1) is 21.6. The van der Waals surface area contributed by atoms with Gasteiger partial charge in [0.1, 0.15) is 17.3 Å². The van der Waals surface area contributed by atoms with Crippen LogP contribution in [0.2, 0.25) is 0 Å². The summed E-state index contributed by atoms with van der Waals surface area (Å²) in [6.45, 7) is 0. The summed E-state index contributed by atoms with van der Waals surface area (Å²) in [4.78, 5) is 20.9. The van der Waals surface area contributed by atoms with E-state index in [1.165, 1.54) is 18.3 Å². The minimum atomic E-state index is -1.78. The number of nitrogens with zero attached hydrogens (tertiary/aromatic N) is 2. The van der Waals surface area contributed by atoms with Crippen LogP contribution in [0.25, 0.3) is 22.4 Å². The van der Waals surface area contributed by atoms with E-state index in [1.54, 1.807) is 18.3 Å². The molecule has 3 N–H and O–H groups in total. The number of carbonyl (C=O) groups is 1. The summed E-state index contributed by atoms with van der Waals surface area (Å²) in [5.74, 6) is -4.00.